The van der Waals surface area contributed by atoms with E-state index in [-0.39, 0.29) is 11.7 Å². The van der Waals surface area contributed by atoms with Gasteiger partial charge in [-0.05, 0) is 40.2 Å². The second-order valence-corrected chi connectivity index (χ2v) is 5.85. The van der Waals surface area contributed by atoms with E-state index in [0.717, 1.165) is 4.47 Å². The van der Waals surface area contributed by atoms with Crippen molar-refractivity contribution in [3.05, 3.63) is 58.1 Å². The van der Waals surface area contributed by atoms with Gasteiger partial charge in [-0.2, -0.15) is 0 Å². The molecule has 0 N–H and O–H groups in total. The van der Waals surface area contributed by atoms with Gasteiger partial charge in [-0.15, -0.1) is 0 Å². The number of methoxy groups -OCH3 is 1. The molecule has 1 amide bonds. The third-order valence-corrected chi connectivity index (χ3v) is 4.40. The predicted octanol–water partition coefficient (Wildman–Crippen LogP) is 3.69. The Kier molecular flexibility index (Phi) is 3.98. The molecule has 4 nitrogen and oxygen atoms in total. The maximum Gasteiger partial charge on any atom is 0.259 e. The molecule has 0 aliphatic carbocycles. The Hall–Kier alpha value is -2.14. The molecule has 1 aliphatic heterocycles. The zero-order chi connectivity index (χ0) is 15.7. The van der Waals surface area contributed by atoms with Crippen LogP contribution >= 0.6 is 15.9 Å². The highest BCUT2D eigenvalue weighted by molar-refractivity contribution is 9.10. The number of benzene rings is 2. The molecule has 0 bridgehead atoms. The first-order chi connectivity index (χ1) is 10.6. The molecule has 0 unspecified atom stereocenters. The number of carbonyl (C=O) groups is 2. The maximum absolute atomic E-state index is 12.8. The highest BCUT2D eigenvalue weighted by Gasteiger charge is 2.29. The van der Waals surface area contributed by atoms with Crippen LogP contribution in [0.25, 0.3) is 0 Å². The van der Waals surface area contributed by atoms with Crippen molar-refractivity contribution in [1.82, 2.24) is 0 Å². The van der Waals surface area contributed by atoms with Crippen LogP contribution in [-0.4, -0.2) is 25.3 Å². The average molecular weight is 360 g/mol. The van der Waals surface area contributed by atoms with Crippen LogP contribution in [0.3, 0.4) is 0 Å². The van der Waals surface area contributed by atoms with E-state index in [0.29, 0.717) is 35.5 Å². The molecule has 2 aromatic carbocycles. The SMILES string of the molecule is COc1ccc2c(c1)N(C(=O)c1ccccc1Br)CCC2=O. The molecule has 0 saturated carbocycles. The summed E-state index contributed by atoms with van der Waals surface area (Å²) in [5.41, 5.74) is 1.74. The van der Waals surface area contributed by atoms with Gasteiger partial charge in [-0.1, -0.05) is 12.1 Å². The fourth-order valence-corrected chi connectivity index (χ4v) is 3.01. The second-order valence-electron chi connectivity index (χ2n) is 4.99. The summed E-state index contributed by atoms with van der Waals surface area (Å²) in [6.07, 6.45) is 0.329. The molecule has 1 aliphatic rings. The van der Waals surface area contributed by atoms with Crippen LogP contribution in [-0.2, 0) is 0 Å². The third-order valence-electron chi connectivity index (χ3n) is 3.71. The van der Waals surface area contributed by atoms with Crippen LogP contribution in [0.4, 0.5) is 5.69 Å². The summed E-state index contributed by atoms with van der Waals surface area (Å²) in [5.74, 6) is 0.543. The molecule has 0 radical (unpaired) electrons. The van der Waals surface area contributed by atoms with E-state index in [2.05, 4.69) is 15.9 Å². The molecular formula is C17H14BrNO3. The number of ketones is 1. The standard InChI is InChI=1S/C17H14BrNO3/c1-22-11-6-7-13-15(10-11)19(9-8-16(13)20)17(21)12-4-2-3-5-14(12)18/h2-7,10H,8-9H2,1H3. The lowest BCUT2D eigenvalue weighted by Crippen LogP contribution is -2.37. The fraction of sp³-hybridized carbons (Fsp3) is 0.176. The van der Waals surface area contributed by atoms with E-state index in [1.165, 1.54) is 0 Å². The van der Waals surface area contributed by atoms with Gasteiger partial charge in [0.1, 0.15) is 5.75 Å². The lowest BCUT2D eigenvalue weighted by Gasteiger charge is -2.29. The monoisotopic (exact) mass is 359 g/mol. The Balaban J connectivity index is 2.07. The smallest absolute Gasteiger partial charge is 0.259 e. The van der Waals surface area contributed by atoms with E-state index in [4.69, 9.17) is 4.74 Å². The maximum atomic E-state index is 12.8. The number of rotatable bonds is 2. The lowest BCUT2D eigenvalue weighted by molar-refractivity contribution is 0.0954. The lowest BCUT2D eigenvalue weighted by atomic mass is 9.99. The van der Waals surface area contributed by atoms with Gasteiger partial charge in [-0.25, -0.2) is 0 Å². The number of halogens is 1. The van der Waals surface area contributed by atoms with Gasteiger partial charge in [0.2, 0.25) is 0 Å². The first kappa shape index (κ1) is 14.8. The Morgan fingerprint density at radius 2 is 2.00 bits per heavy atom. The van der Waals surface area contributed by atoms with Crippen molar-refractivity contribution in [1.29, 1.82) is 0 Å². The molecule has 0 atom stereocenters. The zero-order valence-corrected chi connectivity index (χ0v) is 13.6. The summed E-state index contributed by atoms with van der Waals surface area (Å²) in [5, 5.41) is 0. The molecule has 0 fully saturated rings. The van der Waals surface area contributed by atoms with E-state index in [1.807, 2.05) is 18.2 Å². The van der Waals surface area contributed by atoms with Crippen LogP contribution in [0.15, 0.2) is 46.9 Å². The minimum atomic E-state index is -0.130. The molecule has 1 heterocycles. The summed E-state index contributed by atoms with van der Waals surface area (Å²) in [7, 11) is 1.56. The topological polar surface area (TPSA) is 46.6 Å². The van der Waals surface area contributed by atoms with E-state index < -0.39 is 0 Å². The van der Waals surface area contributed by atoms with Crippen molar-refractivity contribution >= 4 is 33.3 Å². The highest BCUT2D eigenvalue weighted by atomic mass is 79.9. The number of anilines is 1. The zero-order valence-electron chi connectivity index (χ0n) is 12.0. The van der Waals surface area contributed by atoms with Gasteiger partial charge in [0.15, 0.2) is 5.78 Å². The molecule has 112 valence electrons. The molecule has 5 heteroatoms. The molecule has 3 rings (SSSR count). The van der Waals surface area contributed by atoms with Gasteiger partial charge in [0.05, 0.1) is 18.4 Å². The summed E-state index contributed by atoms with van der Waals surface area (Å²) in [4.78, 5) is 26.5. The van der Waals surface area contributed by atoms with Crippen molar-refractivity contribution in [2.75, 3.05) is 18.6 Å². The van der Waals surface area contributed by atoms with Crippen molar-refractivity contribution in [2.45, 2.75) is 6.42 Å². The number of Topliss-reactive ketones (excluding diaryl/α,β-unsaturated/α-hetero) is 1. The molecule has 0 saturated heterocycles. The molecule has 2 aromatic rings. The summed E-state index contributed by atoms with van der Waals surface area (Å²) in [6, 6.07) is 12.5. The fourth-order valence-electron chi connectivity index (χ4n) is 2.56. The summed E-state index contributed by atoms with van der Waals surface area (Å²) >= 11 is 3.40. The molecular weight excluding hydrogens is 346 g/mol. The Bertz CT molecular complexity index is 757. The number of amides is 1. The van der Waals surface area contributed by atoms with Gasteiger partial charge in [0.25, 0.3) is 5.91 Å². The normalized spacial score (nSPS) is 13.7. The quantitative estimate of drug-likeness (QED) is 0.821. The first-order valence-electron chi connectivity index (χ1n) is 6.89. The van der Waals surface area contributed by atoms with Crippen molar-refractivity contribution in [2.24, 2.45) is 0 Å². The first-order valence-corrected chi connectivity index (χ1v) is 7.68. The van der Waals surface area contributed by atoms with Crippen LogP contribution in [0, 0.1) is 0 Å². The van der Waals surface area contributed by atoms with Gasteiger partial charge >= 0.3 is 0 Å². The number of hydrogen-bond donors (Lipinski definition) is 0. The van der Waals surface area contributed by atoms with E-state index in [1.54, 1.807) is 36.3 Å². The van der Waals surface area contributed by atoms with Gasteiger partial charge in [-0.3, -0.25) is 9.59 Å². The number of hydrogen-bond acceptors (Lipinski definition) is 3. The van der Waals surface area contributed by atoms with Crippen LogP contribution in [0.1, 0.15) is 27.1 Å². The minimum Gasteiger partial charge on any atom is -0.497 e. The molecule has 22 heavy (non-hydrogen) atoms. The second kappa shape index (κ2) is 5.93. The van der Waals surface area contributed by atoms with E-state index in [9.17, 15) is 9.59 Å². The number of fused-ring (bicyclic) bond motifs is 1. The number of carbonyl (C=O) groups excluding carboxylic acids is 2. The van der Waals surface area contributed by atoms with Crippen LogP contribution in [0.2, 0.25) is 0 Å². The van der Waals surface area contributed by atoms with Crippen LogP contribution < -0.4 is 9.64 Å². The summed E-state index contributed by atoms with van der Waals surface area (Å²) in [6.45, 7) is 0.374. The third kappa shape index (κ3) is 2.52. The van der Waals surface area contributed by atoms with Gasteiger partial charge < -0.3 is 9.64 Å². The highest BCUT2D eigenvalue weighted by Crippen LogP contribution is 2.32. The molecule has 0 spiro atoms. The Morgan fingerprint density at radius 1 is 1.23 bits per heavy atom. The largest absolute Gasteiger partial charge is 0.497 e. The molecule has 0 aromatic heterocycles. The van der Waals surface area contributed by atoms with Crippen LogP contribution in [0.5, 0.6) is 5.75 Å². The summed E-state index contributed by atoms with van der Waals surface area (Å²) < 4.78 is 5.95. The van der Waals surface area contributed by atoms with Crippen molar-refractivity contribution in [3.8, 4) is 5.75 Å². The van der Waals surface area contributed by atoms with Crippen molar-refractivity contribution in [3.63, 3.8) is 0 Å². The minimum absolute atomic E-state index is 0.0498. The number of nitrogens with zero attached hydrogens (tertiary/aromatic N) is 1. The van der Waals surface area contributed by atoms with Gasteiger partial charge in [0, 0.05) is 29.1 Å². The predicted molar refractivity (Wildman–Crippen MR) is 87.8 cm³/mol. The van der Waals surface area contributed by atoms with Crippen molar-refractivity contribution < 1.29 is 14.3 Å². The number of ether oxygens (including phenoxy) is 1. The van der Waals surface area contributed by atoms with E-state index >= 15 is 0 Å². The Morgan fingerprint density at radius 3 is 2.73 bits per heavy atom. The Labute approximate surface area is 136 Å². The average Bonchev–Trinajstić information content (AvgIpc) is 2.54.